The Kier molecular flexibility index (Phi) is 3.18. The van der Waals surface area contributed by atoms with Crippen LogP contribution in [0.5, 0.6) is 0 Å². The zero-order chi connectivity index (χ0) is 12.6. The van der Waals surface area contributed by atoms with E-state index in [4.69, 9.17) is 0 Å². The lowest BCUT2D eigenvalue weighted by Gasteiger charge is -2.25. The van der Waals surface area contributed by atoms with Gasteiger partial charge >= 0.3 is 0 Å². The van der Waals surface area contributed by atoms with Crippen LogP contribution < -0.4 is 0 Å². The maximum Gasteiger partial charge on any atom is 0.226 e. The zero-order valence-electron chi connectivity index (χ0n) is 10.5. The van der Waals surface area contributed by atoms with Gasteiger partial charge in [0.15, 0.2) is 0 Å². The molecular weight excluding hydrogens is 217 g/mol. The van der Waals surface area contributed by atoms with Crippen molar-refractivity contribution in [2.24, 2.45) is 11.8 Å². The number of carbonyl (C=O) groups excluding carboxylic acids is 1. The first kappa shape index (κ1) is 12.1. The van der Waals surface area contributed by atoms with Crippen LogP contribution in [0.25, 0.3) is 0 Å². The van der Waals surface area contributed by atoms with Crippen LogP contribution >= 0.6 is 0 Å². The van der Waals surface area contributed by atoms with Crippen LogP contribution in [0.4, 0.5) is 4.39 Å². The first-order valence-corrected chi connectivity index (χ1v) is 6.03. The van der Waals surface area contributed by atoms with Gasteiger partial charge in [-0.1, -0.05) is 19.1 Å². The third kappa shape index (κ3) is 2.48. The number of hydrogen-bond acceptors (Lipinski definition) is 1. The van der Waals surface area contributed by atoms with Gasteiger partial charge in [0.05, 0.1) is 6.04 Å². The van der Waals surface area contributed by atoms with Crippen molar-refractivity contribution < 1.29 is 9.18 Å². The molecule has 3 heteroatoms. The van der Waals surface area contributed by atoms with Crippen LogP contribution in [-0.2, 0) is 4.79 Å². The van der Waals surface area contributed by atoms with Crippen LogP contribution in [0.15, 0.2) is 24.3 Å². The summed E-state index contributed by atoms with van der Waals surface area (Å²) < 4.78 is 12.8. The molecule has 0 aromatic heterocycles. The number of nitrogens with zero attached hydrogens (tertiary/aromatic N) is 1. The van der Waals surface area contributed by atoms with Crippen LogP contribution in [-0.4, -0.2) is 17.9 Å². The highest BCUT2D eigenvalue weighted by molar-refractivity contribution is 5.81. The molecule has 2 rings (SSSR count). The molecule has 0 spiro atoms. The Morgan fingerprint density at radius 2 is 1.94 bits per heavy atom. The molecule has 0 bridgehead atoms. The number of benzene rings is 1. The van der Waals surface area contributed by atoms with E-state index in [0.29, 0.717) is 5.92 Å². The standard InChI is InChI=1S/C14H18FNO/c1-9-8-13(9)14(17)16(3)10(2)11-4-6-12(15)7-5-11/h4-7,9-10,13H,8H2,1-3H3/t9-,10+,13+/m1/s1. The molecule has 1 aromatic carbocycles. The first-order chi connectivity index (χ1) is 8.00. The van der Waals surface area contributed by atoms with E-state index in [-0.39, 0.29) is 23.7 Å². The highest BCUT2D eigenvalue weighted by atomic mass is 19.1. The van der Waals surface area contributed by atoms with E-state index >= 15 is 0 Å². The molecule has 0 aliphatic heterocycles. The highest BCUT2D eigenvalue weighted by Crippen LogP contribution is 2.40. The summed E-state index contributed by atoms with van der Waals surface area (Å²) in [6, 6.07) is 6.34. The SMILES string of the molecule is C[C@@H]1C[C@@H]1C(=O)N(C)[C@@H](C)c1ccc(F)cc1. The predicted octanol–water partition coefficient (Wildman–Crippen LogP) is 3.00. The van der Waals surface area contributed by atoms with Gasteiger partial charge in [-0.05, 0) is 37.0 Å². The Hall–Kier alpha value is -1.38. The summed E-state index contributed by atoms with van der Waals surface area (Å²) in [7, 11) is 1.82. The van der Waals surface area contributed by atoms with Gasteiger partial charge in [-0.15, -0.1) is 0 Å². The monoisotopic (exact) mass is 235 g/mol. The Morgan fingerprint density at radius 3 is 2.41 bits per heavy atom. The third-order valence-electron chi connectivity index (χ3n) is 3.71. The Balaban J connectivity index is 2.06. The molecule has 0 saturated heterocycles. The zero-order valence-corrected chi connectivity index (χ0v) is 10.5. The number of halogens is 1. The number of amides is 1. The Labute approximate surface area is 101 Å². The van der Waals surface area contributed by atoms with Gasteiger partial charge in [-0.2, -0.15) is 0 Å². The quantitative estimate of drug-likeness (QED) is 0.788. The molecule has 0 heterocycles. The van der Waals surface area contributed by atoms with Gasteiger partial charge in [0.2, 0.25) is 5.91 Å². The molecule has 1 aliphatic rings. The summed E-state index contributed by atoms with van der Waals surface area (Å²) in [6.45, 7) is 4.07. The maximum absolute atomic E-state index is 12.8. The van der Waals surface area contributed by atoms with Crippen LogP contribution in [0.1, 0.15) is 31.9 Å². The maximum atomic E-state index is 12.8. The fourth-order valence-electron chi connectivity index (χ4n) is 2.08. The predicted molar refractivity (Wildman–Crippen MR) is 64.9 cm³/mol. The second kappa shape index (κ2) is 4.47. The van der Waals surface area contributed by atoms with Crippen molar-refractivity contribution in [1.82, 2.24) is 4.90 Å². The van der Waals surface area contributed by atoms with Crippen LogP contribution in [0.2, 0.25) is 0 Å². The van der Waals surface area contributed by atoms with Crippen molar-refractivity contribution in [3.8, 4) is 0 Å². The average Bonchev–Trinajstić information content (AvgIpc) is 3.04. The minimum Gasteiger partial charge on any atom is -0.339 e. The fourth-order valence-corrected chi connectivity index (χ4v) is 2.08. The molecule has 1 fully saturated rings. The smallest absolute Gasteiger partial charge is 0.226 e. The summed E-state index contributed by atoms with van der Waals surface area (Å²) in [5, 5.41) is 0. The first-order valence-electron chi connectivity index (χ1n) is 6.03. The molecule has 1 amide bonds. The van der Waals surface area contributed by atoms with Crippen LogP contribution in [0, 0.1) is 17.7 Å². The minimum atomic E-state index is -0.245. The minimum absolute atomic E-state index is 0.00380. The molecule has 2 nitrogen and oxygen atoms in total. The van der Waals surface area contributed by atoms with Gasteiger partial charge in [-0.25, -0.2) is 4.39 Å². The fraction of sp³-hybridized carbons (Fsp3) is 0.500. The molecule has 92 valence electrons. The van der Waals surface area contributed by atoms with E-state index in [1.807, 2.05) is 14.0 Å². The van der Waals surface area contributed by atoms with E-state index in [0.717, 1.165) is 12.0 Å². The van der Waals surface area contributed by atoms with E-state index in [1.165, 1.54) is 12.1 Å². The van der Waals surface area contributed by atoms with Crippen molar-refractivity contribution in [2.45, 2.75) is 26.3 Å². The molecular formula is C14H18FNO. The molecule has 17 heavy (non-hydrogen) atoms. The summed E-state index contributed by atoms with van der Waals surface area (Å²) in [5.41, 5.74) is 0.968. The lowest BCUT2D eigenvalue weighted by molar-refractivity contribution is -0.133. The van der Waals surface area contributed by atoms with Gasteiger partial charge in [0, 0.05) is 13.0 Å². The van der Waals surface area contributed by atoms with E-state index < -0.39 is 0 Å². The Bertz CT molecular complexity index is 415. The third-order valence-corrected chi connectivity index (χ3v) is 3.71. The molecule has 1 aromatic rings. The van der Waals surface area contributed by atoms with Crippen molar-refractivity contribution in [1.29, 1.82) is 0 Å². The lowest BCUT2D eigenvalue weighted by atomic mass is 10.1. The molecule has 0 radical (unpaired) electrons. The molecule has 0 unspecified atom stereocenters. The van der Waals surface area contributed by atoms with Gasteiger partial charge in [0.25, 0.3) is 0 Å². The highest BCUT2D eigenvalue weighted by Gasteiger charge is 2.41. The largest absolute Gasteiger partial charge is 0.339 e. The lowest BCUT2D eigenvalue weighted by Crippen LogP contribution is -2.31. The van der Waals surface area contributed by atoms with Crippen molar-refractivity contribution >= 4 is 5.91 Å². The van der Waals surface area contributed by atoms with Crippen LogP contribution in [0.3, 0.4) is 0 Å². The molecule has 0 N–H and O–H groups in total. The molecule has 1 aliphatic carbocycles. The normalized spacial score (nSPS) is 24.2. The molecule has 3 atom stereocenters. The average molecular weight is 235 g/mol. The summed E-state index contributed by atoms with van der Waals surface area (Å²) in [4.78, 5) is 13.8. The number of rotatable bonds is 3. The number of carbonyl (C=O) groups is 1. The van der Waals surface area contributed by atoms with E-state index in [1.54, 1.807) is 17.0 Å². The topological polar surface area (TPSA) is 20.3 Å². The van der Waals surface area contributed by atoms with E-state index in [2.05, 4.69) is 6.92 Å². The second-order valence-electron chi connectivity index (χ2n) is 5.00. The summed E-state index contributed by atoms with van der Waals surface area (Å²) in [5.74, 6) is 0.674. The van der Waals surface area contributed by atoms with E-state index in [9.17, 15) is 9.18 Å². The second-order valence-corrected chi connectivity index (χ2v) is 5.00. The van der Waals surface area contributed by atoms with Crippen molar-refractivity contribution in [2.75, 3.05) is 7.05 Å². The van der Waals surface area contributed by atoms with Gasteiger partial charge in [-0.3, -0.25) is 4.79 Å². The Morgan fingerprint density at radius 1 is 1.41 bits per heavy atom. The summed E-state index contributed by atoms with van der Waals surface area (Å²) >= 11 is 0. The van der Waals surface area contributed by atoms with Crippen molar-refractivity contribution in [3.63, 3.8) is 0 Å². The van der Waals surface area contributed by atoms with Crippen molar-refractivity contribution in [3.05, 3.63) is 35.6 Å². The molecule has 1 saturated carbocycles. The van der Waals surface area contributed by atoms with Gasteiger partial charge in [0.1, 0.15) is 5.82 Å². The van der Waals surface area contributed by atoms with Gasteiger partial charge < -0.3 is 4.90 Å². The summed E-state index contributed by atoms with van der Waals surface area (Å²) in [6.07, 6.45) is 0.999. The number of hydrogen-bond donors (Lipinski definition) is 0.